The molecule has 1 saturated heterocycles. The summed E-state index contributed by atoms with van der Waals surface area (Å²) < 4.78 is 45.0. The Morgan fingerprint density at radius 1 is 1.15 bits per heavy atom. The van der Waals surface area contributed by atoms with Crippen molar-refractivity contribution in [3.8, 4) is 0 Å². The predicted molar refractivity (Wildman–Crippen MR) is 160 cm³/mol. The molecule has 6 atom stereocenters. The first-order valence-electron chi connectivity index (χ1n) is 14.0. The van der Waals surface area contributed by atoms with Gasteiger partial charge in [-0.2, -0.15) is 0 Å². The molecule has 218 valence electrons. The van der Waals surface area contributed by atoms with Crippen LogP contribution in [0.4, 0.5) is 4.39 Å². The highest BCUT2D eigenvalue weighted by Gasteiger charge is 2.47. The molecule has 12 heteroatoms. The third-order valence-corrected chi connectivity index (χ3v) is 11.2. The van der Waals surface area contributed by atoms with Crippen LogP contribution in [0.1, 0.15) is 72.8 Å². The minimum atomic E-state index is -1.73. The monoisotopic (exact) mass is 602 g/mol. The van der Waals surface area contributed by atoms with Gasteiger partial charge in [-0.3, -0.25) is 14.3 Å². The first-order chi connectivity index (χ1) is 19.1. The van der Waals surface area contributed by atoms with Gasteiger partial charge in [0.25, 0.3) is 14.1 Å². The van der Waals surface area contributed by atoms with Crippen LogP contribution in [-0.2, 0) is 13.8 Å². The number of alkyl halides is 1. The molecule has 2 aromatic rings. The molecule has 8 nitrogen and oxygen atoms in total. The molecule has 1 fully saturated rings. The van der Waals surface area contributed by atoms with E-state index in [1.54, 1.807) is 0 Å². The standard InChI is InChI=1S/C27H41FN3O5PS2/c1-18(2)31(19(3)4)37(34-16-10-11-17-38-39-21(6)22-12-8-7-9-13-22)36-25-20(5)35-26(24(25)28)30-15-14-23(32)29-27(30)33/h7-9,12-15,18-21,24-26H,10-11,16-17H2,1-6H3,(H,29,32,33)/i5D. The van der Waals surface area contributed by atoms with Gasteiger partial charge in [-0.05, 0) is 59.9 Å². The molecule has 3 rings (SSSR count). The first-order valence-corrected chi connectivity index (χ1v) is 16.8. The van der Waals surface area contributed by atoms with E-state index in [0.717, 1.165) is 29.2 Å². The normalized spacial score (nSPS) is 23.5. The molecule has 6 unspecified atom stereocenters. The summed E-state index contributed by atoms with van der Waals surface area (Å²) in [5, 5.41) is 0.414. The highest BCUT2D eigenvalue weighted by Crippen LogP contribution is 2.50. The number of hydrogen-bond donors (Lipinski definition) is 1. The molecule has 1 aliphatic rings. The molecular formula is C27H41FN3O5PS2. The topological polar surface area (TPSA) is 85.8 Å². The van der Waals surface area contributed by atoms with E-state index in [1.807, 2.05) is 55.3 Å². The predicted octanol–water partition coefficient (Wildman–Crippen LogP) is 6.46. The number of aromatic nitrogens is 2. The van der Waals surface area contributed by atoms with E-state index >= 15 is 4.39 Å². The number of benzene rings is 1. The van der Waals surface area contributed by atoms with Gasteiger partial charge in [-0.1, -0.05) is 51.9 Å². The molecule has 0 spiro atoms. The summed E-state index contributed by atoms with van der Waals surface area (Å²) in [5.41, 5.74) is -0.0406. The zero-order valence-electron chi connectivity index (χ0n) is 24.2. The average Bonchev–Trinajstić information content (AvgIpc) is 3.22. The van der Waals surface area contributed by atoms with Gasteiger partial charge in [-0.25, -0.2) is 13.9 Å². The maximum Gasteiger partial charge on any atom is 0.330 e. The maximum absolute atomic E-state index is 15.7. The third-order valence-electron chi connectivity index (χ3n) is 6.16. The van der Waals surface area contributed by atoms with E-state index in [2.05, 4.69) is 40.8 Å². The Kier molecular flexibility index (Phi) is 12.4. The number of rotatable bonds is 15. The zero-order valence-corrected chi connectivity index (χ0v) is 25.7. The van der Waals surface area contributed by atoms with Crippen molar-refractivity contribution < 1.29 is 19.5 Å². The van der Waals surface area contributed by atoms with Crippen molar-refractivity contribution in [2.24, 2.45) is 0 Å². The maximum atomic E-state index is 15.7. The van der Waals surface area contributed by atoms with E-state index in [1.165, 1.54) is 11.8 Å². The summed E-state index contributed by atoms with van der Waals surface area (Å²) in [6.45, 7) is 10.6. The molecule has 0 bridgehead atoms. The van der Waals surface area contributed by atoms with Crippen molar-refractivity contribution in [3.05, 3.63) is 69.0 Å². The van der Waals surface area contributed by atoms with Gasteiger partial charge in [0, 0.05) is 36.7 Å². The van der Waals surface area contributed by atoms with Crippen molar-refractivity contribution in [3.63, 3.8) is 0 Å². The molecule has 39 heavy (non-hydrogen) atoms. The van der Waals surface area contributed by atoms with Gasteiger partial charge in [-0.15, -0.1) is 0 Å². The van der Waals surface area contributed by atoms with Crippen molar-refractivity contribution in [1.29, 1.82) is 0 Å². The van der Waals surface area contributed by atoms with E-state index < -0.39 is 44.4 Å². The van der Waals surface area contributed by atoms with E-state index in [9.17, 15) is 9.59 Å². The lowest BCUT2D eigenvalue weighted by molar-refractivity contribution is -0.0180. The van der Waals surface area contributed by atoms with Crippen molar-refractivity contribution in [2.75, 3.05) is 12.4 Å². The number of H-pyrrole nitrogens is 1. The van der Waals surface area contributed by atoms with Gasteiger partial charge in [0.2, 0.25) is 0 Å². The van der Waals surface area contributed by atoms with Gasteiger partial charge < -0.3 is 13.8 Å². The number of aromatic amines is 1. The van der Waals surface area contributed by atoms with Crippen LogP contribution < -0.4 is 11.2 Å². The van der Waals surface area contributed by atoms with Crippen LogP contribution in [0.15, 0.2) is 52.2 Å². The Morgan fingerprint density at radius 2 is 1.87 bits per heavy atom. The second kappa shape index (κ2) is 15.7. The van der Waals surface area contributed by atoms with Crippen molar-refractivity contribution >= 4 is 30.1 Å². The molecule has 1 aliphatic heterocycles. The van der Waals surface area contributed by atoms with Crippen LogP contribution in [0.25, 0.3) is 0 Å². The lowest BCUT2D eigenvalue weighted by Crippen LogP contribution is -2.38. The van der Waals surface area contributed by atoms with Crippen LogP contribution in [-0.4, -0.2) is 57.0 Å². The van der Waals surface area contributed by atoms with Crippen LogP contribution in [0, 0.1) is 0 Å². The number of hydrogen-bond acceptors (Lipinski definition) is 8. The highest BCUT2D eigenvalue weighted by atomic mass is 33.1. The molecule has 1 aromatic carbocycles. The Hall–Kier alpha value is -1.20. The first kappa shape index (κ1) is 30.8. The van der Waals surface area contributed by atoms with Crippen LogP contribution in [0.3, 0.4) is 0 Å². The number of ether oxygens (including phenoxy) is 1. The molecule has 0 saturated carbocycles. The van der Waals surface area contributed by atoms with E-state index in [0.29, 0.717) is 11.9 Å². The SMILES string of the molecule is [2H]CC1OC(n2ccc(=O)[nH]c2=O)C(F)C1OP(OCCCCSSC(C)c1ccccc1)N(C(C)C)C(C)C. The average molecular weight is 603 g/mol. The van der Waals surface area contributed by atoms with Gasteiger partial charge in [0.1, 0.15) is 6.10 Å². The number of nitrogens with zero attached hydrogens (tertiary/aromatic N) is 2. The number of unbranched alkanes of at least 4 members (excludes halogenated alkanes) is 1. The second-order valence-electron chi connectivity index (χ2n) is 9.91. The minimum Gasteiger partial charge on any atom is -0.349 e. The van der Waals surface area contributed by atoms with Crippen molar-refractivity contribution in [1.82, 2.24) is 14.2 Å². The van der Waals surface area contributed by atoms with Crippen LogP contribution in [0.5, 0.6) is 0 Å². The smallest absolute Gasteiger partial charge is 0.330 e. The van der Waals surface area contributed by atoms with Crippen LogP contribution in [0.2, 0.25) is 0 Å². The van der Waals surface area contributed by atoms with E-state index in [4.69, 9.17) is 15.2 Å². The van der Waals surface area contributed by atoms with Crippen molar-refractivity contribution in [2.45, 2.75) is 96.3 Å². The Balaban J connectivity index is 1.59. The fourth-order valence-corrected chi connectivity index (χ4v) is 8.52. The summed E-state index contributed by atoms with van der Waals surface area (Å²) in [4.78, 5) is 25.9. The van der Waals surface area contributed by atoms with Gasteiger partial charge in [0.15, 0.2) is 12.4 Å². The lowest BCUT2D eigenvalue weighted by atomic mass is 10.2. The second-order valence-corrected chi connectivity index (χ2v) is 14.1. The Bertz CT molecular complexity index is 1140. The molecule has 1 N–H and O–H groups in total. The Morgan fingerprint density at radius 3 is 2.51 bits per heavy atom. The van der Waals surface area contributed by atoms with Crippen LogP contribution >= 0.6 is 30.1 Å². The largest absolute Gasteiger partial charge is 0.349 e. The highest BCUT2D eigenvalue weighted by molar-refractivity contribution is 8.76. The molecular weight excluding hydrogens is 560 g/mol. The summed E-state index contributed by atoms with van der Waals surface area (Å²) in [5.74, 6) is 0.988. The quantitative estimate of drug-likeness (QED) is 0.141. The van der Waals surface area contributed by atoms with Gasteiger partial charge in [0.05, 0.1) is 12.7 Å². The summed E-state index contributed by atoms with van der Waals surface area (Å²) in [6, 6.07) is 11.7. The Labute approximate surface area is 241 Å². The molecule has 1 aromatic heterocycles. The minimum absolute atomic E-state index is 0.0741. The lowest BCUT2D eigenvalue weighted by Gasteiger charge is -2.37. The number of halogens is 1. The molecule has 0 aliphatic carbocycles. The van der Waals surface area contributed by atoms with Gasteiger partial charge >= 0.3 is 5.69 Å². The fourth-order valence-electron chi connectivity index (χ4n) is 4.24. The third kappa shape index (κ3) is 9.15. The van der Waals surface area contributed by atoms with E-state index in [-0.39, 0.29) is 19.0 Å². The summed E-state index contributed by atoms with van der Waals surface area (Å²) in [7, 11) is 2.04. The molecule has 0 radical (unpaired) electrons. The zero-order chi connectivity index (χ0) is 29.2. The number of nitrogens with one attached hydrogen (secondary N) is 1. The fraction of sp³-hybridized carbons (Fsp3) is 0.630. The molecule has 0 amide bonds. The summed E-state index contributed by atoms with van der Waals surface area (Å²) >= 11 is 0. The summed E-state index contributed by atoms with van der Waals surface area (Å²) in [6.07, 6.45) is -2.03. The molecule has 2 heterocycles.